The Hall–Kier alpha value is -3.35. The van der Waals surface area contributed by atoms with E-state index in [-0.39, 0.29) is 17.7 Å². The quantitative estimate of drug-likeness (QED) is 0.604. The second-order valence-electron chi connectivity index (χ2n) is 7.67. The minimum atomic E-state index is -0.332. The maximum absolute atomic E-state index is 13.0. The number of rotatable bonds is 8. The molecule has 0 aliphatic carbocycles. The zero-order valence-electron chi connectivity index (χ0n) is 18.7. The molecule has 0 fully saturated rings. The third kappa shape index (κ3) is 4.26. The molecule has 0 radical (unpaired) electrons. The van der Waals surface area contributed by atoms with Crippen LogP contribution in [0.4, 0.5) is 0 Å². The monoisotopic (exact) mass is 424 g/mol. The normalized spacial score (nSPS) is 12.7. The van der Waals surface area contributed by atoms with Crippen LogP contribution in [0, 0.1) is 6.92 Å². The van der Waals surface area contributed by atoms with Crippen LogP contribution in [0.2, 0.25) is 0 Å². The fourth-order valence-corrected chi connectivity index (χ4v) is 3.68. The number of carbonyl (C=O) groups is 3. The van der Waals surface area contributed by atoms with Crippen molar-refractivity contribution in [3.05, 3.63) is 58.1 Å². The van der Waals surface area contributed by atoms with Crippen molar-refractivity contribution in [3.63, 3.8) is 0 Å². The number of hydrogen-bond donors (Lipinski definition) is 0. The summed E-state index contributed by atoms with van der Waals surface area (Å²) in [6, 6.07) is 8.44. The van der Waals surface area contributed by atoms with E-state index in [2.05, 4.69) is 0 Å². The smallest absolute Gasteiger partial charge is 0.261 e. The van der Waals surface area contributed by atoms with Crippen molar-refractivity contribution in [3.8, 4) is 11.5 Å². The largest absolute Gasteiger partial charge is 0.493 e. The molecule has 0 spiro atoms. The van der Waals surface area contributed by atoms with Crippen LogP contribution in [-0.2, 0) is 6.54 Å². The van der Waals surface area contributed by atoms with Crippen LogP contribution in [0.15, 0.2) is 30.3 Å². The van der Waals surface area contributed by atoms with Crippen LogP contribution in [-0.4, -0.2) is 55.3 Å². The fourth-order valence-electron chi connectivity index (χ4n) is 3.68. The average Bonchev–Trinajstić information content (AvgIpc) is 3.01. The number of fused-ring (bicyclic) bond motifs is 1. The molecule has 0 N–H and O–H groups in total. The summed E-state index contributed by atoms with van der Waals surface area (Å²) in [4.78, 5) is 41.1. The first-order valence-corrected chi connectivity index (χ1v) is 10.3. The lowest BCUT2D eigenvalue weighted by Crippen LogP contribution is -2.30. The van der Waals surface area contributed by atoms with Crippen molar-refractivity contribution >= 4 is 17.7 Å². The van der Waals surface area contributed by atoms with Crippen LogP contribution < -0.4 is 9.47 Å². The second-order valence-corrected chi connectivity index (χ2v) is 7.67. The zero-order chi connectivity index (χ0) is 22.7. The van der Waals surface area contributed by atoms with Gasteiger partial charge in [-0.2, -0.15) is 0 Å². The van der Waals surface area contributed by atoms with Gasteiger partial charge < -0.3 is 14.4 Å². The van der Waals surface area contributed by atoms with E-state index in [0.717, 1.165) is 24.0 Å². The van der Waals surface area contributed by atoms with E-state index >= 15 is 0 Å². The number of carbonyl (C=O) groups excluding carboxylic acids is 3. The van der Waals surface area contributed by atoms with Gasteiger partial charge in [-0.25, -0.2) is 0 Å². The van der Waals surface area contributed by atoms with E-state index in [1.807, 2.05) is 26.0 Å². The van der Waals surface area contributed by atoms with E-state index in [4.69, 9.17) is 9.47 Å². The molecule has 0 unspecified atom stereocenters. The fraction of sp³-hybridized carbons (Fsp3) is 0.375. The minimum Gasteiger partial charge on any atom is -0.493 e. The van der Waals surface area contributed by atoms with Crippen LogP contribution in [0.5, 0.6) is 11.5 Å². The van der Waals surface area contributed by atoms with E-state index in [0.29, 0.717) is 41.3 Å². The first-order chi connectivity index (χ1) is 14.8. The maximum atomic E-state index is 13.0. The summed E-state index contributed by atoms with van der Waals surface area (Å²) in [5.74, 6) is 0.373. The molecule has 0 bridgehead atoms. The molecule has 0 aromatic heterocycles. The van der Waals surface area contributed by atoms with Gasteiger partial charge in [0, 0.05) is 25.7 Å². The van der Waals surface area contributed by atoms with Crippen LogP contribution in [0.1, 0.15) is 62.0 Å². The summed E-state index contributed by atoms with van der Waals surface area (Å²) in [6.45, 7) is 4.70. The van der Waals surface area contributed by atoms with Crippen molar-refractivity contribution in [1.29, 1.82) is 0 Å². The standard InChI is InChI=1S/C24H28N2O5/c1-6-7-10-26-23(28)18-9-8-16(12-19(18)24(26)29)22(27)25(3)14-17-13-21(31-5)20(30-4)11-15(17)2/h8-9,11-13H,6-7,10,14H2,1-5H3. The Morgan fingerprint density at radius 2 is 1.65 bits per heavy atom. The van der Waals surface area contributed by atoms with Crippen LogP contribution in [0.3, 0.4) is 0 Å². The topological polar surface area (TPSA) is 76.2 Å². The number of amides is 3. The Bertz CT molecular complexity index is 1030. The molecule has 1 heterocycles. The molecule has 7 heteroatoms. The zero-order valence-corrected chi connectivity index (χ0v) is 18.7. The summed E-state index contributed by atoms with van der Waals surface area (Å²) in [5, 5.41) is 0. The minimum absolute atomic E-state index is 0.232. The lowest BCUT2D eigenvalue weighted by molar-refractivity contribution is 0.0652. The number of imide groups is 1. The van der Waals surface area contributed by atoms with E-state index in [1.54, 1.807) is 38.3 Å². The lowest BCUT2D eigenvalue weighted by atomic mass is 10.0. The number of methoxy groups -OCH3 is 2. The maximum Gasteiger partial charge on any atom is 0.261 e. The Kier molecular flexibility index (Phi) is 6.63. The van der Waals surface area contributed by atoms with Crippen molar-refractivity contribution in [2.75, 3.05) is 27.8 Å². The first-order valence-electron chi connectivity index (χ1n) is 10.3. The number of aryl methyl sites for hydroxylation is 1. The SMILES string of the molecule is CCCCN1C(=O)c2ccc(C(=O)N(C)Cc3cc(OC)c(OC)cc3C)cc2C1=O. The van der Waals surface area contributed by atoms with Crippen molar-refractivity contribution < 1.29 is 23.9 Å². The highest BCUT2D eigenvalue weighted by atomic mass is 16.5. The average molecular weight is 424 g/mol. The van der Waals surface area contributed by atoms with Crippen molar-refractivity contribution in [1.82, 2.24) is 9.80 Å². The molecule has 1 aliphatic heterocycles. The van der Waals surface area contributed by atoms with Gasteiger partial charge in [0.15, 0.2) is 11.5 Å². The molecule has 3 amide bonds. The van der Waals surface area contributed by atoms with Crippen molar-refractivity contribution in [2.24, 2.45) is 0 Å². The Balaban J connectivity index is 1.81. The molecule has 0 saturated heterocycles. The molecular weight excluding hydrogens is 396 g/mol. The highest BCUT2D eigenvalue weighted by Gasteiger charge is 2.35. The predicted octanol–water partition coefficient (Wildman–Crippen LogP) is 3.68. The van der Waals surface area contributed by atoms with Gasteiger partial charge >= 0.3 is 0 Å². The third-order valence-corrected chi connectivity index (χ3v) is 5.55. The number of hydrogen-bond acceptors (Lipinski definition) is 5. The van der Waals surface area contributed by atoms with E-state index in [9.17, 15) is 14.4 Å². The highest BCUT2D eigenvalue weighted by Crippen LogP contribution is 2.31. The summed E-state index contributed by atoms with van der Waals surface area (Å²) < 4.78 is 10.7. The second kappa shape index (κ2) is 9.20. The summed E-state index contributed by atoms with van der Waals surface area (Å²) >= 11 is 0. The van der Waals surface area contributed by atoms with Gasteiger partial charge in [-0.1, -0.05) is 13.3 Å². The van der Waals surface area contributed by atoms with E-state index < -0.39 is 0 Å². The molecular formula is C24H28N2O5. The Morgan fingerprint density at radius 3 is 2.29 bits per heavy atom. The van der Waals surface area contributed by atoms with Crippen LogP contribution >= 0.6 is 0 Å². The molecule has 1 aliphatic rings. The molecule has 2 aromatic rings. The lowest BCUT2D eigenvalue weighted by Gasteiger charge is -2.20. The summed E-state index contributed by atoms with van der Waals surface area (Å²) in [6.07, 6.45) is 1.64. The van der Waals surface area contributed by atoms with Gasteiger partial charge in [-0.3, -0.25) is 19.3 Å². The highest BCUT2D eigenvalue weighted by molar-refractivity contribution is 6.22. The third-order valence-electron chi connectivity index (χ3n) is 5.55. The predicted molar refractivity (Wildman–Crippen MR) is 117 cm³/mol. The molecule has 164 valence electrons. The van der Waals surface area contributed by atoms with E-state index in [1.165, 1.54) is 11.0 Å². The van der Waals surface area contributed by atoms with Gasteiger partial charge in [0.05, 0.1) is 25.3 Å². The number of nitrogens with zero attached hydrogens (tertiary/aromatic N) is 2. The summed E-state index contributed by atoms with van der Waals surface area (Å²) in [5.41, 5.74) is 2.92. The Labute approximate surface area is 182 Å². The molecule has 2 aromatic carbocycles. The molecule has 0 saturated carbocycles. The first kappa shape index (κ1) is 22.3. The molecule has 3 rings (SSSR count). The molecule has 0 atom stereocenters. The molecule has 31 heavy (non-hydrogen) atoms. The number of unbranched alkanes of at least 4 members (excludes halogenated alkanes) is 1. The van der Waals surface area contributed by atoms with Gasteiger partial charge in [0.1, 0.15) is 0 Å². The summed E-state index contributed by atoms with van der Waals surface area (Å²) in [7, 11) is 4.85. The van der Waals surface area contributed by atoms with Gasteiger partial charge in [0.2, 0.25) is 0 Å². The van der Waals surface area contributed by atoms with Gasteiger partial charge in [-0.05, 0) is 54.8 Å². The number of benzene rings is 2. The van der Waals surface area contributed by atoms with Gasteiger partial charge in [0.25, 0.3) is 17.7 Å². The van der Waals surface area contributed by atoms with Gasteiger partial charge in [-0.15, -0.1) is 0 Å². The molecule has 7 nitrogen and oxygen atoms in total. The van der Waals surface area contributed by atoms with Crippen LogP contribution in [0.25, 0.3) is 0 Å². The number of ether oxygens (including phenoxy) is 2. The Morgan fingerprint density at radius 1 is 1.00 bits per heavy atom. The van der Waals surface area contributed by atoms with Crippen molar-refractivity contribution in [2.45, 2.75) is 33.2 Å².